The Morgan fingerprint density at radius 1 is 1.47 bits per heavy atom. The van der Waals surface area contributed by atoms with Gasteiger partial charge in [0.2, 0.25) is 5.91 Å². The van der Waals surface area contributed by atoms with Gasteiger partial charge in [-0.2, -0.15) is 0 Å². The number of rotatable bonds is 6. The average Bonchev–Trinajstić information content (AvgIpc) is 2.33. The molecule has 0 aromatic heterocycles. The van der Waals surface area contributed by atoms with Crippen LogP contribution in [0.15, 0.2) is 18.2 Å². The summed E-state index contributed by atoms with van der Waals surface area (Å²) in [5, 5.41) is 12.8. The zero-order chi connectivity index (χ0) is 14.4. The Hall–Kier alpha value is -1.26. The van der Waals surface area contributed by atoms with E-state index in [0.29, 0.717) is 23.1 Å². The van der Waals surface area contributed by atoms with Crippen LogP contribution in [0.25, 0.3) is 0 Å². The van der Waals surface area contributed by atoms with Crippen molar-refractivity contribution in [2.24, 2.45) is 5.92 Å². The lowest BCUT2D eigenvalue weighted by molar-refractivity contribution is -0.118. The van der Waals surface area contributed by atoms with Gasteiger partial charge < -0.3 is 15.2 Å². The first-order valence-electron chi connectivity index (χ1n) is 6.35. The third kappa shape index (κ3) is 4.73. The molecule has 5 heteroatoms. The molecule has 1 amide bonds. The highest BCUT2D eigenvalue weighted by atomic mass is 35.5. The maximum Gasteiger partial charge on any atom is 0.227 e. The smallest absolute Gasteiger partial charge is 0.227 e. The minimum atomic E-state index is -0.658. The summed E-state index contributed by atoms with van der Waals surface area (Å²) in [7, 11) is 0. The molecule has 0 aliphatic heterocycles. The Balaban J connectivity index is 2.76. The molecule has 0 bridgehead atoms. The summed E-state index contributed by atoms with van der Waals surface area (Å²) in [4.78, 5) is 11.8. The van der Waals surface area contributed by atoms with Gasteiger partial charge in [0.05, 0.1) is 29.8 Å². The Kier molecular flexibility index (Phi) is 6.12. The number of anilines is 1. The molecule has 0 fully saturated rings. The van der Waals surface area contributed by atoms with Crippen molar-refractivity contribution in [1.29, 1.82) is 0 Å². The van der Waals surface area contributed by atoms with E-state index in [1.165, 1.54) is 0 Å². The van der Waals surface area contributed by atoms with Gasteiger partial charge in [0, 0.05) is 0 Å². The number of nitrogens with one attached hydrogen (secondary N) is 1. The van der Waals surface area contributed by atoms with Gasteiger partial charge in [-0.25, -0.2) is 0 Å². The number of benzene rings is 1. The first-order chi connectivity index (χ1) is 8.95. The molecule has 19 heavy (non-hydrogen) atoms. The van der Waals surface area contributed by atoms with Gasteiger partial charge >= 0.3 is 0 Å². The van der Waals surface area contributed by atoms with Crippen molar-refractivity contribution in [1.82, 2.24) is 0 Å². The minimum Gasteiger partial charge on any atom is -0.490 e. The van der Waals surface area contributed by atoms with Crippen molar-refractivity contribution in [3.8, 4) is 5.75 Å². The second-order valence-electron chi connectivity index (χ2n) is 4.61. The largest absolute Gasteiger partial charge is 0.490 e. The summed E-state index contributed by atoms with van der Waals surface area (Å²) in [5.41, 5.74) is 0.523. The number of ether oxygens (including phenoxy) is 1. The Morgan fingerprint density at radius 2 is 2.16 bits per heavy atom. The second kappa shape index (κ2) is 7.36. The number of carbonyl (C=O) groups excluding carboxylic acids is 1. The van der Waals surface area contributed by atoms with Crippen LogP contribution in [0, 0.1) is 5.92 Å². The second-order valence-corrected chi connectivity index (χ2v) is 5.02. The standard InChI is InChI=1S/C14H20ClNO3/c1-4-19-14-10(15)6-5-7-11(14)16-13(18)8-12(17)9(2)3/h5-7,9,12,17H,4,8H2,1-3H3,(H,16,18). The van der Waals surface area contributed by atoms with Gasteiger partial charge in [-0.05, 0) is 25.0 Å². The Labute approximate surface area is 118 Å². The van der Waals surface area contributed by atoms with E-state index in [9.17, 15) is 9.90 Å². The van der Waals surface area contributed by atoms with Crippen molar-refractivity contribution in [2.75, 3.05) is 11.9 Å². The number of halogens is 1. The van der Waals surface area contributed by atoms with Crippen LogP contribution >= 0.6 is 11.6 Å². The van der Waals surface area contributed by atoms with E-state index in [-0.39, 0.29) is 18.2 Å². The van der Waals surface area contributed by atoms with Gasteiger partial charge in [-0.15, -0.1) is 0 Å². The van der Waals surface area contributed by atoms with E-state index in [1.807, 2.05) is 20.8 Å². The highest BCUT2D eigenvalue weighted by Gasteiger charge is 2.16. The normalized spacial score (nSPS) is 12.3. The molecule has 1 unspecified atom stereocenters. The third-order valence-corrected chi connectivity index (χ3v) is 2.99. The lowest BCUT2D eigenvalue weighted by atomic mass is 10.0. The molecule has 0 heterocycles. The zero-order valence-electron chi connectivity index (χ0n) is 11.4. The van der Waals surface area contributed by atoms with Crippen molar-refractivity contribution >= 4 is 23.2 Å². The molecule has 0 radical (unpaired) electrons. The topological polar surface area (TPSA) is 58.6 Å². The monoisotopic (exact) mass is 285 g/mol. The van der Waals surface area contributed by atoms with Crippen molar-refractivity contribution in [3.05, 3.63) is 23.2 Å². The van der Waals surface area contributed by atoms with Crippen LogP contribution in [0.3, 0.4) is 0 Å². The quantitative estimate of drug-likeness (QED) is 0.844. The van der Waals surface area contributed by atoms with E-state index in [4.69, 9.17) is 16.3 Å². The molecule has 1 aromatic carbocycles. The SMILES string of the molecule is CCOc1c(Cl)cccc1NC(=O)CC(O)C(C)C. The van der Waals surface area contributed by atoms with Crippen molar-refractivity contribution < 1.29 is 14.6 Å². The Morgan fingerprint density at radius 3 is 2.74 bits per heavy atom. The molecule has 0 spiro atoms. The summed E-state index contributed by atoms with van der Waals surface area (Å²) < 4.78 is 5.41. The number of hydrogen-bond acceptors (Lipinski definition) is 3. The fraction of sp³-hybridized carbons (Fsp3) is 0.500. The molecule has 2 N–H and O–H groups in total. The number of para-hydroxylation sites is 1. The van der Waals surface area contributed by atoms with Crippen molar-refractivity contribution in [2.45, 2.75) is 33.3 Å². The summed E-state index contributed by atoms with van der Waals surface area (Å²) in [6, 6.07) is 5.15. The van der Waals surface area contributed by atoms with Crippen LogP contribution in [0.1, 0.15) is 27.2 Å². The summed E-state index contributed by atoms with van der Waals surface area (Å²) in [6.45, 7) is 6.03. The fourth-order valence-electron chi connectivity index (χ4n) is 1.53. The minimum absolute atomic E-state index is 0.0384. The van der Waals surface area contributed by atoms with E-state index in [2.05, 4.69) is 5.32 Å². The molecule has 0 saturated heterocycles. The fourth-order valence-corrected chi connectivity index (χ4v) is 1.75. The number of hydrogen-bond donors (Lipinski definition) is 2. The predicted octanol–water partition coefficient (Wildman–Crippen LogP) is 3.08. The van der Waals surface area contributed by atoms with Gasteiger partial charge in [0.15, 0.2) is 5.75 Å². The molecule has 0 saturated carbocycles. The first kappa shape index (κ1) is 15.8. The van der Waals surface area contributed by atoms with E-state index < -0.39 is 6.10 Å². The van der Waals surface area contributed by atoms with Gasteiger partial charge in [-0.1, -0.05) is 31.5 Å². The average molecular weight is 286 g/mol. The first-order valence-corrected chi connectivity index (χ1v) is 6.72. The lowest BCUT2D eigenvalue weighted by Crippen LogP contribution is -2.23. The summed E-state index contributed by atoms with van der Waals surface area (Å²) in [6.07, 6.45) is -0.606. The highest BCUT2D eigenvalue weighted by molar-refractivity contribution is 6.32. The Bertz CT molecular complexity index is 435. The zero-order valence-corrected chi connectivity index (χ0v) is 12.2. The van der Waals surface area contributed by atoms with Gasteiger partial charge in [0.1, 0.15) is 0 Å². The molecule has 4 nitrogen and oxygen atoms in total. The molecule has 106 valence electrons. The van der Waals surface area contributed by atoms with Crippen LogP contribution in [0.5, 0.6) is 5.75 Å². The van der Waals surface area contributed by atoms with Crippen LogP contribution in [0.4, 0.5) is 5.69 Å². The third-order valence-electron chi connectivity index (χ3n) is 2.69. The number of amides is 1. The molecule has 0 aliphatic carbocycles. The van der Waals surface area contributed by atoms with Crippen LogP contribution in [-0.2, 0) is 4.79 Å². The van der Waals surface area contributed by atoms with Gasteiger partial charge in [0.25, 0.3) is 0 Å². The lowest BCUT2D eigenvalue weighted by Gasteiger charge is -2.16. The highest BCUT2D eigenvalue weighted by Crippen LogP contribution is 2.33. The molecular weight excluding hydrogens is 266 g/mol. The number of carbonyl (C=O) groups is 1. The molecule has 0 aliphatic rings. The predicted molar refractivity (Wildman–Crippen MR) is 76.7 cm³/mol. The molecule has 1 rings (SSSR count). The van der Waals surface area contributed by atoms with E-state index in [0.717, 1.165) is 0 Å². The van der Waals surface area contributed by atoms with E-state index >= 15 is 0 Å². The van der Waals surface area contributed by atoms with Crippen LogP contribution in [-0.4, -0.2) is 23.7 Å². The molecular formula is C14H20ClNO3. The van der Waals surface area contributed by atoms with Crippen LogP contribution < -0.4 is 10.1 Å². The maximum atomic E-state index is 11.8. The number of aliphatic hydroxyl groups excluding tert-OH is 1. The van der Waals surface area contributed by atoms with Gasteiger partial charge in [-0.3, -0.25) is 4.79 Å². The molecule has 1 atom stereocenters. The van der Waals surface area contributed by atoms with Crippen molar-refractivity contribution in [3.63, 3.8) is 0 Å². The maximum absolute atomic E-state index is 11.8. The summed E-state index contributed by atoms with van der Waals surface area (Å²) >= 11 is 6.02. The summed E-state index contributed by atoms with van der Waals surface area (Å²) in [5.74, 6) is 0.236. The molecule has 1 aromatic rings. The van der Waals surface area contributed by atoms with E-state index in [1.54, 1.807) is 18.2 Å². The number of aliphatic hydroxyl groups is 1. The van der Waals surface area contributed by atoms with Crippen LogP contribution in [0.2, 0.25) is 5.02 Å².